The number of anilines is 1. The minimum atomic E-state index is -0.449. The lowest BCUT2D eigenvalue weighted by atomic mass is 9.77. The smallest absolute Gasteiger partial charge is 0.257 e. The van der Waals surface area contributed by atoms with Crippen LogP contribution in [0.5, 0.6) is 5.75 Å². The molecule has 2 amide bonds. The van der Waals surface area contributed by atoms with Gasteiger partial charge in [-0.3, -0.25) is 14.7 Å². The van der Waals surface area contributed by atoms with Crippen LogP contribution in [0.2, 0.25) is 0 Å². The zero-order valence-electron chi connectivity index (χ0n) is 18.4. The Balaban J connectivity index is 1.27. The van der Waals surface area contributed by atoms with Crippen LogP contribution < -0.4 is 9.64 Å². The molecule has 1 aromatic heterocycles. The fraction of sp³-hybridized carbons (Fsp3) is 0.320. The van der Waals surface area contributed by atoms with Crippen LogP contribution >= 0.6 is 0 Å². The molecular weight excluding hydrogens is 423 g/mol. The number of aromatic nitrogens is 2. The van der Waals surface area contributed by atoms with Gasteiger partial charge in [0.05, 0.1) is 24.3 Å². The van der Waals surface area contributed by atoms with Gasteiger partial charge < -0.3 is 14.5 Å². The van der Waals surface area contributed by atoms with Gasteiger partial charge in [-0.05, 0) is 49.1 Å². The summed E-state index contributed by atoms with van der Waals surface area (Å²) in [5.74, 6) is -0.290. The molecule has 33 heavy (non-hydrogen) atoms. The van der Waals surface area contributed by atoms with Gasteiger partial charge in [0.1, 0.15) is 11.6 Å². The van der Waals surface area contributed by atoms with Gasteiger partial charge in [-0.2, -0.15) is 5.10 Å². The van der Waals surface area contributed by atoms with Crippen LogP contribution in [-0.4, -0.2) is 53.7 Å². The Morgan fingerprint density at radius 2 is 1.79 bits per heavy atom. The van der Waals surface area contributed by atoms with E-state index in [1.54, 1.807) is 11.1 Å². The summed E-state index contributed by atoms with van der Waals surface area (Å²) in [6.07, 6.45) is 5.61. The fourth-order valence-corrected chi connectivity index (χ4v) is 4.92. The zero-order valence-corrected chi connectivity index (χ0v) is 18.4. The fourth-order valence-electron chi connectivity index (χ4n) is 4.92. The summed E-state index contributed by atoms with van der Waals surface area (Å²) in [6.45, 7) is 1.64. The van der Waals surface area contributed by atoms with E-state index in [2.05, 4.69) is 10.2 Å². The number of benzene rings is 2. The van der Waals surface area contributed by atoms with Gasteiger partial charge in [-0.15, -0.1) is 0 Å². The monoisotopic (exact) mass is 448 g/mol. The number of methoxy groups -OCH3 is 1. The van der Waals surface area contributed by atoms with E-state index in [0.29, 0.717) is 38.0 Å². The lowest BCUT2D eigenvalue weighted by molar-refractivity contribution is -0.127. The summed E-state index contributed by atoms with van der Waals surface area (Å²) in [5, 5.41) is 6.79. The molecule has 3 aromatic rings. The summed E-state index contributed by atoms with van der Waals surface area (Å²) < 4.78 is 18.7. The molecule has 0 atom stereocenters. The second-order valence-corrected chi connectivity index (χ2v) is 8.66. The largest absolute Gasteiger partial charge is 0.496 e. The summed E-state index contributed by atoms with van der Waals surface area (Å²) in [5.41, 5.74) is 2.83. The normalized spacial score (nSPS) is 17.6. The van der Waals surface area contributed by atoms with Crippen molar-refractivity contribution < 1.29 is 18.7 Å². The Bertz CT molecular complexity index is 1170. The maximum absolute atomic E-state index is 13.5. The predicted molar refractivity (Wildman–Crippen MR) is 122 cm³/mol. The molecule has 5 rings (SSSR count). The van der Waals surface area contributed by atoms with Crippen LogP contribution in [0.15, 0.2) is 54.9 Å². The van der Waals surface area contributed by atoms with Gasteiger partial charge in [0.2, 0.25) is 5.91 Å². The van der Waals surface area contributed by atoms with Crippen LogP contribution in [0.1, 0.15) is 29.6 Å². The van der Waals surface area contributed by atoms with Crippen LogP contribution in [-0.2, 0) is 4.79 Å². The minimum Gasteiger partial charge on any atom is -0.496 e. The number of likely N-dealkylation sites (tertiary alicyclic amines) is 1. The standard InChI is InChI=1S/C25H25FN4O3/c1-33-22-14-19(26)4-7-21(22)23(31)29-11-8-25(9-12-29)10-13-30(24(25)32)20-5-2-17(3-6-20)18-15-27-28-16-18/h2-7,14-16H,8-13H2,1H3,(H,27,28). The molecule has 2 aromatic carbocycles. The van der Waals surface area contributed by atoms with E-state index in [0.717, 1.165) is 23.2 Å². The predicted octanol–water partition coefficient (Wildman–Crippen LogP) is 3.88. The van der Waals surface area contributed by atoms with E-state index in [4.69, 9.17) is 4.74 Å². The van der Waals surface area contributed by atoms with Crippen molar-refractivity contribution in [1.29, 1.82) is 0 Å². The molecule has 0 aliphatic carbocycles. The molecule has 2 aliphatic rings. The van der Waals surface area contributed by atoms with E-state index in [1.165, 1.54) is 25.3 Å². The summed E-state index contributed by atoms with van der Waals surface area (Å²) in [7, 11) is 1.42. The molecule has 8 heteroatoms. The van der Waals surface area contributed by atoms with Crippen molar-refractivity contribution in [3.8, 4) is 16.9 Å². The van der Waals surface area contributed by atoms with Gasteiger partial charge in [0.15, 0.2) is 0 Å². The van der Waals surface area contributed by atoms with Crippen LogP contribution in [0.4, 0.5) is 10.1 Å². The number of nitrogens with zero attached hydrogens (tertiary/aromatic N) is 3. The summed E-state index contributed by atoms with van der Waals surface area (Å²) in [4.78, 5) is 30.0. The van der Waals surface area contributed by atoms with E-state index >= 15 is 0 Å². The zero-order chi connectivity index (χ0) is 23.0. The number of amides is 2. The molecule has 0 radical (unpaired) electrons. The second-order valence-electron chi connectivity index (χ2n) is 8.66. The van der Waals surface area contributed by atoms with Crippen molar-refractivity contribution in [3.05, 3.63) is 66.2 Å². The number of piperidine rings is 1. The average molecular weight is 448 g/mol. The maximum Gasteiger partial charge on any atom is 0.257 e. The van der Waals surface area contributed by atoms with Crippen molar-refractivity contribution in [2.24, 2.45) is 5.41 Å². The number of nitrogens with one attached hydrogen (secondary N) is 1. The number of rotatable bonds is 4. The lowest BCUT2D eigenvalue weighted by Crippen LogP contribution is -2.46. The number of aromatic amines is 1. The number of carbonyl (C=O) groups excluding carboxylic acids is 2. The van der Waals surface area contributed by atoms with Gasteiger partial charge in [-0.1, -0.05) is 12.1 Å². The summed E-state index contributed by atoms with van der Waals surface area (Å²) >= 11 is 0. The first-order chi connectivity index (χ1) is 16.0. The molecule has 2 fully saturated rings. The Morgan fingerprint density at radius 3 is 2.45 bits per heavy atom. The maximum atomic E-state index is 13.5. The van der Waals surface area contributed by atoms with E-state index in [-0.39, 0.29) is 17.6 Å². The van der Waals surface area contributed by atoms with Gasteiger partial charge in [0, 0.05) is 43.1 Å². The number of ether oxygens (including phenoxy) is 1. The quantitative estimate of drug-likeness (QED) is 0.657. The van der Waals surface area contributed by atoms with E-state index in [9.17, 15) is 14.0 Å². The molecule has 0 unspecified atom stereocenters. The van der Waals surface area contributed by atoms with Gasteiger partial charge in [-0.25, -0.2) is 4.39 Å². The SMILES string of the molecule is COc1cc(F)ccc1C(=O)N1CCC2(CC1)CCN(c1ccc(-c3cn[nH]c3)cc1)C2=O. The first-order valence-electron chi connectivity index (χ1n) is 11.0. The average Bonchev–Trinajstić information content (AvgIpc) is 3.49. The molecule has 0 bridgehead atoms. The number of hydrogen-bond acceptors (Lipinski definition) is 4. The highest BCUT2D eigenvalue weighted by molar-refractivity contribution is 6.01. The Kier molecular flexibility index (Phi) is 5.36. The van der Waals surface area contributed by atoms with Crippen molar-refractivity contribution in [3.63, 3.8) is 0 Å². The van der Waals surface area contributed by atoms with E-state index < -0.39 is 11.2 Å². The summed E-state index contributed by atoms with van der Waals surface area (Å²) in [6, 6.07) is 11.9. The highest BCUT2D eigenvalue weighted by atomic mass is 19.1. The number of hydrogen-bond donors (Lipinski definition) is 1. The molecular formula is C25H25FN4O3. The molecule has 7 nitrogen and oxygen atoms in total. The Hall–Kier alpha value is -3.68. The molecule has 1 spiro atoms. The topological polar surface area (TPSA) is 78.5 Å². The number of carbonyl (C=O) groups is 2. The number of halogens is 1. The molecule has 2 aliphatic heterocycles. The molecule has 2 saturated heterocycles. The van der Waals surface area contributed by atoms with Crippen LogP contribution in [0, 0.1) is 11.2 Å². The van der Waals surface area contributed by atoms with Crippen molar-refractivity contribution in [2.45, 2.75) is 19.3 Å². The van der Waals surface area contributed by atoms with Crippen LogP contribution in [0.25, 0.3) is 11.1 Å². The highest BCUT2D eigenvalue weighted by Gasteiger charge is 2.49. The minimum absolute atomic E-state index is 0.130. The van der Waals surface area contributed by atoms with Gasteiger partial charge >= 0.3 is 0 Å². The Labute approximate surface area is 191 Å². The molecule has 1 N–H and O–H groups in total. The van der Waals surface area contributed by atoms with Crippen molar-refractivity contribution in [1.82, 2.24) is 15.1 Å². The Morgan fingerprint density at radius 1 is 1.06 bits per heavy atom. The second kappa shape index (κ2) is 8.35. The van der Waals surface area contributed by atoms with Gasteiger partial charge in [0.25, 0.3) is 5.91 Å². The van der Waals surface area contributed by atoms with E-state index in [1.807, 2.05) is 35.4 Å². The number of H-pyrrole nitrogens is 1. The van der Waals surface area contributed by atoms with Crippen molar-refractivity contribution in [2.75, 3.05) is 31.6 Å². The third-order valence-corrected chi connectivity index (χ3v) is 6.93. The lowest BCUT2D eigenvalue weighted by Gasteiger charge is -2.38. The molecule has 3 heterocycles. The first-order valence-corrected chi connectivity index (χ1v) is 11.0. The third kappa shape index (κ3) is 3.75. The molecule has 170 valence electrons. The van der Waals surface area contributed by atoms with Crippen LogP contribution in [0.3, 0.4) is 0 Å². The van der Waals surface area contributed by atoms with Crippen molar-refractivity contribution >= 4 is 17.5 Å². The first kappa shape index (κ1) is 21.2. The third-order valence-electron chi connectivity index (χ3n) is 6.93. The highest BCUT2D eigenvalue weighted by Crippen LogP contribution is 2.43. The molecule has 0 saturated carbocycles.